The van der Waals surface area contributed by atoms with Gasteiger partial charge in [-0.05, 0) is 20.8 Å². The van der Waals surface area contributed by atoms with Crippen LogP contribution >= 0.6 is 0 Å². The molecule has 0 atom stereocenters. The molecule has 0 bridgehead atoms. The summed E-state index contributed by atoms with van der Waals surface area (Å²) in [5.74, 6) is -2.76. The molecule has 0 aromatic rings. The zero-order chi connectivity index (χ0) is 17.9. The van der Waals surface area contributed by atoms with Crippen LogP contribution in [0.15, 0.2) is 0 Å². The topological polar surface area (TPSA) is 77.8 Å². The van der Waals surface area contributed by atoms with Gasteiger partial charge < -0.3 is 15.3 Å². The number of aliphatic hydroxyl groups excluding tert-OH is 2. The van der Waals surface area contributed by atoms with Crippen LogP contribution in [0.1, 0.15) is 66.7 Å². The molecule has 4 nitrogen and oxygen atoms in total. The molecule has 7 heteroatoms. The maximum atomic E-state index is 10.6. The normalized spacial score (nSPS) is 9.48. The minimum absolute atomic E-state index is 0.167. The SMILES string of the molecule is CC(C)O.CCCCCCC.CCO.O=C(O)C(F)(F)F. The molecule has 21 heavy (non-hydrogen) atoms. The van der Waals surface area contributed by atoms with Crippen LogP contribution < -0.4 is 0 Å². The number of carbonyl (C=O) groups is 1. The van der Waals surface area contributed by atoms with Gasteiger partial charge in [0, 0.05) is 12.7 Å². The highest BCUT2D eigenvalue weighted by molar-refractivity contribution is 5.73. The fourth-order valence-electron chi connectivity index (χ4n) is 0.677. The van der Waals surface area contributed by atoms with E-state index in [9.17, 15) is 13.2 Å². The zero-order valence-electron chi connectivity index (χ0n) is 13.7. The standard InChI is InChI=1S/C7H16.C3H8O.C2HF3O2.C2H6O/c1-3-5-7-6-4-2;1-3(2)4;3-2(4,5)1(6)7;1-2-3/h3-7H2,1-2H3;3-4H,1-2H3;(H,6,7);3H,2H2,1H3. The van der Waals surface area contributed by atoms with Gasteiger partial charge >= 0.3 is 12.1 Å². The fourth-order valence-corrected chi connectivity index (χ4v) is 0.677. The molecule has 3 N–H and O–H groups in total. The number of aliphatic hydroxyl groups is 2. The lowest BCUT2D eigenvalue weighted by Crippen LogP contribution is -2.21. The first-order valence-electron chi connectivity index (χ1n) is 7.10. The van der Waals surface area contributed by atoms with Crippen molar-refractivity contribution in [3.05, 3.63) is 0 Å². The van der Waals surface area contributed by atoms with Crippen LogP contribution in [-0.4, -0.2) is 40.2 Å². The van der Waals surface area contributed by atoms with Crippen LogP contribution in [0.3, 0.4) is 0 Å². The fraction of sp³-hybridized carbons (Fsp3) is 0.929. The third-order valence-electron chi connectivity index (χ3n) is 1.45. The van der Waals surface area contributed by atoms with Crippen molar-refractivity contribution in [1.29, 1.82) is 0 Å². The number of rotatable bonds is 4. The Balaban J connectivity index is -0.0000000973. The van der Waals surface area contributed by atoms with Gasteiger partial charge in [-0.25, -0.2) is 4.79 Å². The maximum absolute atomic E-state index is 10.6. The van der Waals surface area contributed by atoms with E-state index in [1.165, 1.54) is 32.1 Å². The van der Waals surface area contributed by atoms with Crippen LogP contribution in [0.4, 0.5) is 13.2 Å². The molecule has 0 radical (unpaired) electrons. The Hall–Kier alpha value is -0.820. The molecule has 0 aliphatic heterocycles. The average Bonchev–Trinajstić information content (AvgIpc) is 2.29. The molecule has 0 unspecified atom stereocenters. The lowest BCUT2D eigenvalue weighted by Gasteiger charge is -1.93. The molecular formula is C14H31F3O4. The second-order valence-electron chi connectivity index (χ2n) is 4.27. The number of carboxylic acid groups (broad SMARTS) is 1. The van der Waals surface area contributed by atoms with E-state index < -0.39 is 12.1 Å². The highest BCUT2D eigenvalue weighted by Crippen LogP contribution is 2.13. The molecule has 0 rings (SSSR count). The Bertz CT molecular complexity index is 188. The summed E-state index contributed by atoms with van der Waals surface area (Å²) in [5, 5.41) is 22.8. The van der Waals surface area contributed by atoms with Crippen molar-refractivity contribution >= 4 is 5.97 Å². The summed E-state index contributed by atoms with van der Waals surface area (Å²) < 4.78 is 31.7. The second-order valence-corrected chi connectivity index (χ2v) is 4.27. The number of halogens is 3. The Labute approximate surface area is 126 Å². The Morgan fingerprint density at radius 1 is 1.00 bits per heavy atom. The second kappa shape index (κ2) is 21.5. The predicted octanol–water partition coefficient (Wildman–Crippen LogP) is 4.00. The molecule has 0 aliphatic rings. The summed E-state index contributed by atoms with van der Waals surface area (Å²) in [7, 11) is 0. The van der Waals surface area contributed by atoms with E-state index in [-0.39, 0.29) is 12.7 Å². The van der Waals surface area contributed by atoms with Gasteiger partial charge in [-0.1, -0.05) is 46.0 Å². The Kier molecular flexibility index (Phi) is 29.0. The van der Waals surface area contributed by atoms with Crippen molar-refractivity contribution < 1.29 is 33.3 Å². The zero-order valence-corrected chi connectivity index (χ0v) is 13.7. The Morgan fingerprint density at radius 3 is 1.29 bits per heavy atom. The highest BCUT2D eigenvalue weighted by atomic mass is 19.4. The molecule has 0 saturated heterocycles. The van der Waals surface area contributed by atoms with Gasteiger partial charge in [0.2, 0.25) is 0 Å². The largest absolute Gasteiger partial charge is 0.490 e. The van der Waals surface area contributed by atoms with Gasteiger partial charge in [0.15, 0.2) is 0 Å². The number of carboxylic acids is 1. The van der Waals surface area contributed by atoms with Crippen molar-refractivity contribution in [1.82, 2.24) is 0 Å². The average molecular weight is 320 g/mol. The number of alkyl halides is 3. The first kappa shape index (κ1) is 28.4. The number of hydrogen-bond donors (Lipinski definition) is 3. The van der Waals surface area contributed by atoms with E-state index in [0.29, 0.717) is 0 Å². The van der Waals surface area contributed by atoms with Gasteiger partial charge in [0.05, 0.1) is 0 Å². The molecular weight excluding hydrogens is 289 g/mol. The summed E-state index contributed by atoms with van der Waals surface area (Å²) in [6.07, 6.45) is 1.76. The minimum Gasteiger partial charge on any atom is -0.475 e. The molecule has 0 fully saturated rings. The van der Waals surface area contributed by atoms with Crippen molar-refractivity contribution in [2.45, 2.75) is 79.0 Å². The quantitative estimate of drug-likeness (QED) is 0.684. The summed E-state index contributed by atoms with van der Waals surface area (Å²) in [6.45, 7) is 9.87. The molecule has 132 valence electrons. The van der Waals surface area contributed by atoms with Gasteiger partial charge in [0.1, 0.15) is 0 Å². The highest BCUT2D eigenvalue weighted by Gasteiger charge is 2.38. The maximum Gasteiger partial charge on any atom is 0.490 e. The molecule has 0 heterocycles. The van der Waals surface area contributed by atoms with Crippen LogP contribution in [-0.2, 0) is 4.79 Å². The van der Waals surface area contributed by atoms with E-state index in [4.69, 9.17) is 20.1 Å². The van der Waals surface area contributed by atoms with Crippen LogP contribution in [0.5, 0.6) is 0 Å². The first-order valence-corrected chi connectivity index (χ1v) is 7.10. The monoisotopic (exact) mass is 320 g/mol. The van der Waals surface area contributed by atoms with Crippen molar-refractivity contribution in [3.63, 3.8) is 0 Å². The van der Waals surface area contributed by atoms with Gasteiger partial charge in [-0.2, -0.15) is 13.2 Å². The molecule has 0 saturated carbocycles. The minimum atomic E-state index is -5.08. The van der Waals surface area contributed by atoms with E-state index in [0.717, 1.165) is 0 Å². The summed E-state index contributed by atoms with van der Waals surface area (Å²) in [6, 6.07) is 0. The van der Waals surface area contributed by atoms with Crippen molar-refractivity contribution in [2.24, 2.45) is 0 Å². The van der Waals surface area contributed by atoms with Gasteiger partial charge in [-0.15, -0.1) is 0 Å². The van der Waals surface area contributed by atoms with Crippen LogP contribution in [0.25, 0.3) is 0 Å². The molecule has 0 aliphatic carbocycles. The van der Waals surface area contributed by atoms with Crippen LogP contribution in [0, 0.1) is 0 Å². The Morgan fingerprint density at radius 2 is 1.19 bits per heavy atom. The third kappa shape index (κ3) is 67.2. The molecule has 0 aromatic carbocycles. The van der Waals surface area contributed by atoms with Crippen molar-refractivity contribution in [3.8, 4) is 0 Å². The van der Waals surface area contributed by atoms with E-state index in [1.54, 1.807) is 20.8 Å². The smallest absolute Gasteiger partial charge is 0.475 e. The van der Waals surface area contributed by atoms with E-state index in [1.807, 2.05) is 0 Å². The molecule has 0 spiro atoms. The third-order valence-corrected chi connectivity index (χ3v) is 1.45. The summed E-state index contributed by atoms with van der Waals surface area (Å²) in [4.78, 5) is 8.90. The number of unbranched alkanes of at least 4 members (excludes halogenated alkanes) is 4. The van der Waals surface area contributed by atoms with Crippen molar-refractivity contribution in [2.75, 3.05) is 6.61 Å². The van der Waals surface area contributed by atoms with Gasteiger partial charge in [-0.3, -0.25) is 0 Å². The van der Waals surface area contributed by atoms with E-state index >= 15 is 0 Å². The van der Waals surface area contributed by atoms with E-state index in [2.05, 4.69) is 13.8 Å². The number of hydrogen-bond acceptors (Lipinski definition) is 3. The summed E-state index contributed by atoms with van der Waals surface area (Å²) >= 11 is 0. The van der Waals surface area contributed by atoms with Gasteiger partial charge in [0.25, 0.3) is 0 Å². The number of aliphatic carboxylic acids is 1. The predicted molar refractivity (Wildman–Crippen MR) is 78.2 cm³/mol. The lowest BCUT2D eigenvalue weighted by atomic mass is 10.2. The molecule has 0 amide bonds. The van der Waals surface area contributed by atoms with Crippen LogP contribution in [0.2, 0.25) is 0 Å². The lowest BCUT2D eigenvalue weighted by molar-refractivity contribution is -0.192. The molecule has 0 aromatic heterocycles. The summed E-state index contributed by atoms with van der Waals surface area (Å²) in [5.41, 5.74) is 0. The first-order chi connectivity index (χ1) is 9.50.